The van der Waals surface area contributed by atoms with E-state index >= 15 is 0 Å². The minimum Gasteiger partial charge on any atom is -0.381 e. The van der Waals surface area contributed by atoms with Crippen LogP contribution in [0, 0.1) is 0 Å². The molecule has 0 atom stereocenters. The van der Waals surface area contributed by atoms with Crippen LogP contribution in [0.15, 0.2) is 36.4 Å². The summed E-state index contributed by atoms with van der Waals surface area (Å²) in [5.41, 5.74) is 1.03. The molecule has 0 aliphatic carbocycles. The van der Waals surface area contributed by atoms with E-state index in [-0.39, 0.29) is 0 Å². The molecule has 0 bridgehead atoms. The van der Waals surface area contributed by atoms with Gasteiger partial charge in [-0.2, -0.15) is 0 Å². The molecule has 0 unspecified atom stereocenters. The Morgan fingerprint density at radius 3 is 2.89 bits per heavy atom. The van der Waals surface area contributed by atoms with E-state index in [1.807, 2.05) is 24.3 Å². The van der Waals surface area contributed by atoms with E-state index in [0.29, 0.717) is 0 Å². The summed E-state index contributed by atoms with van der Waals surface area (Å²) in [5, 5.41) is 4.50. The van der Waals surface area contributed by atoms with E-state index in [0.717, 1.165) is 43.9 Å². The lowest BCUT2D eigenvalue weighted by Gasteiger charge is -2.07. The van der Waals surface area contributed by atoms with Crippen LogP contribution < -0.4 is 5.32 Å². The van der Waals surface area contributed by atoms with Gasteiger partial charge in [-0.15, -0.1) is 0 Å². The smallest absolute Gasteiger partial charge is 0.126 e. The molecule has 96 valence electrons. The second kappa shape index (κ2) is 6.97. The van der Waals surface area contributed by atoms with Gasteiger partial charge in [0.25, 0.3) is 0 Å². The van der Waals surface area contributed by atoms with Gasteiger partial charge >= 0.3 is 0 Å². The Morgan fingerprint density at radius 2 is 2.00 bits per heavy atom. The number of aromatic nitrogens is 1. The SMILES string of the molecule is CCCOCCCNc1ccc2ccccc2n1. The topological polar surface area (TPSA) is 34.1 Å². The lowest BCUT2D eigenvalue weighted by Crippen LogP contribution is -2.07. The largest absolute Gasteiger partial charge is 0.381 e. The Labute approximate surface area is 108 Å². The Balaban J connectivity index is 1.81. The van der Waals surface area contributed by atoms with Gasteiger partial charge in [-0.1, -0.05) is 25.1 Å². The van der Waals surface area contributed by atoms with Crippen molar-refractivity contribution in [3.63, 3.8) is 0 Å². The van der Waals surface area contributed by atoms with E-state index in [2.05, 4.69) is 29.4 Å². The molecule has 0 spiro atoms. The molecule has 3 nitrogen and oxygen atoms in total. The van der Waals surface area contributed by atoms with Gasteiger partial charge in [0, 0.05) is 25.1 Å². The molecule has 0 fully saturated rings. The molecule has 0 aliphatic heterocycles. The summed E-state index contributed by atoms with van der Waals surface area (Å²) in [5.74, 6) is 0.934. The van der Waals surface area contributed by atoms with E-state index in [1.165, 1.54) is 5.39 Å². The Bertz CT molecular complexity index is 485. The molecular weight excluding hydrogens is 224 g/mol. The Morgan fingerprint density at radius 1 is 1.11 bits per heavy atom. The average molecular weight is 244 g/mol. The van der Waals surface area contributed by atoms with Crippen molar-refractivity contribution in [2.75, 3.05) is 25.1 Å². The normalized spacial score (nSPS) is 10.7. The van der Waals surface area contributed by atoms with Crippen LogP contribution >= 0.6 is 0 Å². The highest BCUT2D eigenvalue weighted by Gasteiger charge is 1.96. The summed E-state index contributed by atoms with van der Waals surface area (Å²) in [6.07, 6.45) is 2.09. The van der Waals surface area contributed by atoms with Crippen LogP contribution in [0.3, 0.4) is 0 Å². The molecule has 0 saturated heterocycles. The van der Waals surface area contributed by atoms with Crippen molar-refractivity contribution in [2.45, 2.75) is 19.8 Å². The van der Waals surface area contributed by atoms with Crippen LogP contribution in [-0.4, -0.2) is 24.7 Å². The van der Waals surface area contributed by atoms with Gasteiger partial charge in [0.1, 0.15) is 5.82 Å². The number of rotatable bonds is 7. The summed E-state index contributed by atoms with van der Waals surface area (Å²) >= 11 is 0. The molecule has 0 saturated carbocycles. The summed E-state index contributed by atoms with van der Waals surface area (Å²) in [7, 11) is 0. The highest BCUT2D eigenvalue weighted by atomic mass is 16.5. The monoisotopic (exact) mass is 244 g/mol. The maximum atomic E-state index is 5.43. The second-order valence-corrected chi connectivity index (χ2v) is 4.28. The molecular formula is C15H20N2O. The first-order chi connectivity index (χ1) is 8.90. The van der Waals surface area contributed by atoms with Crippen LogP contribution in [0.4, 0.5) is 5.82 Å². The van der Waals surface area contributed by atoms with Gasteiger partial charge in [-0.05, 0) is 31.0 Å². The van der Waals surface area contributed by atoms with Crippen molar-refractivity contribution in [3.8, 4) is 0 Å². The second-order valence-electron chi connectivity index (χ2n) is 4.28. The number of benzene rings is 1. The fourth-order valence-corrected chi connectivity index (χ4v) is 1.80. The number of para-hydroxylation sites is 1. The zero-order chi connectivity index (χ0) is 12.6. The first-order valence-corrected chi connectivity index (χ1v) is 6.57. The minimum absolute atomic E-state index is 0.814. The van der Waals surface area contributed by atoms with E-state index in [9.17, 15) is 0 Å². The molecule has 2 rings (SSSR count). The number of ether oxygens (including phenoxy) is 1. The van der Waals surface area contributed by atoms with Gasteiger partial charge in [0.15, 0.2) is 0 Å². The molecule has 1 heterocycles. The van der Waals surface area contributed by atoms with Crippen molar-refractivity contribution < 1.29 is 4.74 Å². The zero-order valence-electron chi connectivity index (χ0n) is 10.9. The van der Waals surface area contributed by atoms with Gasteiger partial charge < -0.3 is 10.1 Å². The molecule has 1 aromatic carbocycles. The molecule has 3 heteroatoms. The maximum Gasteiger partial charge on any atom is 0.126 e. The number of hydrogen-bond donors (Lipinski definition) is 1. The third-order valence-corrected chi connectivity index (χ3v) is 2.72. The Kier molecular flexibility index (Phi) is 4.97. The number of fused-ring (bicyclic) bond motifs is 1. The van der Waals surface area contributed by atoms with Crippen LogP contribution in [0.25, 0.3) is 10.9 Å². The van der Waals surface area contributed by atoms with Gasteiger partial charge in [0.2, 0.25) is 0 Å². The van der Waals surface area contributed by atoms with Crippen molar-refractivity contribution in [1.82, 2.24) is 4.98 Å². The molecule has 1 aromatic heterocycles. The van der Waals surface area contributed by atoms with E-state index in [4.69, 9.17) is 4.74 Å². The van der Waals surface area contributed by atoms with Crippen molar-refractivity contribution in [3.05, 3.63) is 36.4 Å². The first-order valence-electron chi connectivity index (χ1n) is 6.57. The number of nitrogens with one attached hydrogen (secondary N) is 1. The molecule has 18 heavy (non-hydrogen) atoms. The average Bonchev–Trinajstić information content (AvgIpc) is 2.42. The molecule has 2 aromatic rings. The molecule has 1 N–H and O–H groups in total. The van der Waals surface area contributed by atoms with Gasteiger partial charge in [0.05, 0.1) is 5.52 Å². The lowest BCUT2D eigenvalue weighted by molar-refractivity contribution is 0.134. The number of nitrogens with zero attached hydrogens (tertiary/aromatic N) is 1. The van der Waals surface area contributed by atoms with Crippen LogP contribution in [-0.2, 0) is 4.74 Å². The van der Waals surface area contributed by atoms with Crippen molar-refractivity contribution in [2.24, 2.45) is 0 Å². The van der Waals surface area contributed by atoms with Crippen LogP contribution in [0.1, 0.15) is 19.8 Å². The maximum absolute atomic E-state index is 5.43. The Hall–Kier alpha value is -1.61. The quantitative estimate of drug-likeness (QED) is 0.757. The molecule has 0 aliphatic rings. The molecule has 0 radical (unpaired) electrons. The summed E-state index contributed by atoms with van der Waals surface area (Å²) in [6.45, 7) is 4.69. The lowest BCUT2D eigenvalue weighted by atomic mass is 10.2. The number of pyridine rings is 1. The first kappa shape index (κ1) is 12.8. The summed E-state index contributed by atoms with van der Waals surface area (Å²) < 4.78 is 5.43. The number of hydrogen-bond acceptors (Lipinski definition) is 3. The highest BCUT2D eigenvalue weighted by Crippen LogP contribution is 2.14. The zero-order valence-corrected chi connectivity index (χ0v) is 10.9. The van der Waals surface area contributed by atoms with Crippen LogP contribution in [0.5, 0.6) is 0 Å². The predicted octanol–water partition coefficient (Wildman–Crippen LogP) is 3.46. The van der Waals surface area contributed by atoms with E-state index in [1.54, 1.807) is 0 Å². The third kappa shape index (κ3) is 3.70. The fraction of sp³-hybridized carbons (Fsp3) is 0.400. The highest BCUT2D eigenvalue weighted by molar-refractivity contribution is 5.79. The summed E-state index contributed by atoms with van der Waals surface area (Å²) in [4.78, 5) is 4.56. The van der Waals surface area contributed by atoms with Crippen molar-refractivity contribution in [1.29, 1.82) is 0 Å². The fourth-order valence-electron chi connectivity index (χ4n) is 1.80. The van der Waals surface area contributed by atoms with E-state index < -0.39 is 0 Å². The van der Waals surface area contributed by atoms with Crippen LogP contribution in [0.2, 0.25) is 0 Å². The predicted molar refractivity (Wildman–Crippen MR) is 76.0 cm³/mol. The molecule has 0 amide bonds. The van der Waals surface area contributed by atoms with Crippen molar-refractivity contribution >= 4 is 16.7 Å². The summed E-state index contributed by atoms with van der Waals surface area (Å²) in [6, 6.07) is 12.3. The standard InChI is InChI=1S/C15H20N2O/c1-2-11-18-12-5-10-16-15-9-8-13-6-3-4-7-14(13)17-15/h3-4,6-9H,2,5,10-12H2,1H3,(H,16,17). The third-order valence-electron chi connectivity index (χ3n) is 2.72. The number of anilines is 1. The van der Waals surface area contributed by atoms with Gasteiger partial charge in [-0.3, -0.25) is 0 Å². The van der Waals surface area contributed by atoms with Gasteiger partial charge in [-0.25, -0.2) is 4.98 Å². The minimum atomic E-state index is 0.814.